The maximum absolute atomic E-state index is 12.1. The van der Waals surface area contributed by atoms with Crippen molar-refractivity contribution in [1.82, 2.24) is 0 Å². The molecule has 50 heavy (non-hydrogen) atoms. The fourth-order valence-electron chi connectivity index (χ4n) is 4.53. The number of hydrogen-bond acceptors (Lipinski definition) is 5. The van der Waals surface area contributed by atoms with Crippen molar-refractivity contribution in [3.8, 4) is 0 Å². The smallest absolute Gasteiger partial charge is 0.141 e. The number of hydrogen-bond donors (Lipinski definition) is 0. The quantitative estimate of drug-likeness (QED) is 0.106. The number of rotatable bonds is 16. The summed E-state index contributed by atoms with van der Waals surface area (Å²) in [4.78, 5) is 23.5. The van der Waals surface area contributed by atoms with Crippen molar-refractivity contribution in [2.75, 3.05) is 19.2 Å². The molecule has 0 heterocycles. The van der Waals surface area contributed by atoms with Crippen LogP contribution in [0.3, 0.4) is 0 Å². The summed E-state index contributed by atoms with van der Waals surface area (Å²) in [5.74, 6) is -0.264. The van der Waals surface area contributed by atoms with Gasteiger partial charge in [0.1, 0.15) is 7.60 Å². The standard InChI is InChI=1S/C28H41O5P2.15Y/c1-4-6-8-10-11-12-13-15-17-19-25-24(18-16-14-9-7-5-2)20-21-26-27(28(25)26)22-33-35(31,32)23-34(3,29)30;;;;;;;;;;;;;;;/h8-9,13,26-28H,4-5,10-11,14-17,20-23H2,1-3H3,(H,29,30)(H,31,32);;;;;;;;;;;;;;;/q-5;;;;;;;;;;;;;;;/p-2. The minimum Gasteiger partial charge on any atom is -0.799 e. The average molecular weight is 1850 g/mol. The second kappa shape index (κ2) is 64.6. The molecule has 0 spiro atoms. The predicted molar refractivity (Wildman–Crippen MR) is 137 cm³/mol. The molecule has 243 valence electrons. The van der Waals surface area contributed by atoms with E-state index in [1.165, 1.54) is 5.57 Å². The Morgan fingerprint density at radius 1 is 0.680 bits per heavy atom. The fourth-order valence-corrected chi connectivity index (χ4v) is 7.77. The maximum Gasteiger partial charge on any atom is 0.141 e. The van der Waals surface area contributed by atoms with E-state index in [0.717, 1.165) is 76.4 Å². The zero-order valence-electron chi connectivity index (χ0n) is 30.0. The van der Waals surface area contributed by atoms with Crippen LogP contribution in [0.1, 0.15) is 78.1 Å². The Bertz CT molecular complexity index is 937. The van der Waals surface area contributed by atoms with E-state index in [4.69, 9.17) is 4.52 Å². The molecule has 0 aromatic heterocycles. The Labute approximate surface area is 683 Å². The van der Waals surface area contributed by atoms with Crippen LogP contribution in [0.25, 0.3) is 0 Å². The summed E-state index contributed by atoms with van der Waals surface area (Å²) in [6.45, 7) is 5.11. The molecule has 0 aromatic rings. The zero-order chi connectivity index (χ0) is 25.7. The van der Waals surface area contributed by atoms with Gasteiger partial charge in [-0.2, -0.15) is 19.3 Å². The van der Waals surface area contributed by atoms with E-state index in [1.54, 1.807) is 0 Å². The molecule has 2 rings (SSSR count). The van der Waals surface area contributed by atoms with E-state index in [0.29, 0.717) is 5.92 Å². The molecule has 0 N–H and O–H groups in total. The average Bonchev–Trinajstić information content (AvgIpc) is 3.49. The van der Waals surface area contributed by atoms with Gasteiger partial charge in [0.15, 0.2) is 0 Å². The van der Waals surface area contributed by atoms with Gasteiger partial charge in [0.05, 0.1) is 12.5 Å². The number of allylic oxidation sites excluding steroid dienone is 10. The summed E-state index contributed by atoms with van der Waals surface area (Å²) in [6.07, 6.45) is 32.0. The molecule has 5 atom stereocenters. The van der Waals surface area contributed by atoms with Gasteiger partial charge < -0.3 is 65.0 Å². The first-order valence-electron chi connectivity index (χ1n) is 12.8. The third-order valence-corrected chi connectivity index (χ3v) is 10.1. The van der Waals surface area contributed by atoms with Crippen LogP contribution in [0.5, 0.6) is 0 Å². The van der Waals surface area contributed by atoms with Crippen molar-refractivity contribution in [3.63, 3.8) is 0 Å². The van der Waals surface area contributed by atoms with Crippen LogP contribution >= 0.6 is 15.0 Å². The van der Waals surface area contributed by atoms with Gasteiger partial charge in [-0.05, 0) is 18.5 Å². The summed E-state index contributed by atoms with van der Waals surface area (Å²) in [7, 11) is -8.34. The molecule has 0 amide bonds. The van der Waals surface area contributed by atoms with Gasteiger partial charge in [-0.3, -0.25) is 18.2 Å². The second-order valence-corrected chi connectivity index (χ2v) is 13.9. The summed E-state index contributed by atoms with van der Waals surface area (Å²) < 4.78 is 28.6. The Morgan fingerprint density at radius 2 is 1.10 bits per heavy atom. The Kier molecular flexibility index (Phi) is 133. The van der Waals surface area contributed by atoms with Crippen molar-refractivity contribution in [3.05, 3.63) is 59.8 Å². The fraction of sp³-hybridized carbons (Fsp3) is 0.643. The number of fused-ring (bicyclic) bond motifs is 1. The number of unbranched alkanes of at least 4 members (excludes halogenated alkanes) is 3. The van der Waals surface area contributed by atoms with E-state index in [2.05, 4.69) is 62.5 Å². The van der Waals surface area contributed by atoms with Gasteiger partial charge in [0.2, 0.25) is 0 Å². The zero-order valence-corrected chi connectivity index (χ0v) is 74.4. The molecule has 2 saturated carbocycles. The first kappa shape index (κ1) is 103. The van der Waals surface area contributed by atoms with E-state index in [1.807, 2.05) is 0 Å². The van der Waals surface area contributed by atoms with Gasteiger partial charge in [-0.15, -0.1) is 25.2 Å². The van der Waals surface area contributed by atoms with Crippen LogP contribution in [0.2, 0.25) is 0 Å². The SMILES string of the molecule is CC[C-]=CCC[C-]=CCC[C-]=C1C(=[C-]CCC=[C-]CC)CCC2C(COP(=O)([O-])CP(C)(=O)[O-])C12.[Y].[Y].[Y].[Y].[Y].[Y].[Y].[Y].[Y].[Y].[Y].[Y].[Y].[Y].[Y]. The van der Waals surface area contributed by atoms with Crippen LogP contribution in [-0.2, 0) is 504 Å². The van der Waals surface area contributed by atoms with Gasteiger partial charge in [-0.25, -0.2) is 0 Å². The largest absolute Gasteiger partial charge is 0.799 e. The first-order valence-corrected chi connectivity index (χ1v) is 16.7. The van der Waals surface area contributed by atoms with Gasteiger partial charge in [0.25, 0.3) is 0 Å². The maximum atomic E-state index is 12.1. The molecular formula is C28H39O5P2Y15-7. The van der Waals surface area contributed by atoms with Crippen LogP contribution in [-0.4, -0.2) is 19.2 Å². The monoisotopic (exact) mass is 1850 g/mol. The van der Waals surface area contributed by atoms with Crippen molar-refractivity contribution >= 4 is 15.0 Å². The molecule has 0 saturated heterocycles. The summed E-state index contributed by atoms with van der Waals surface area (Å²) in [5.41, 5.74) is 2.34. The molecule has 2 aliphatic carbocycles. The first-order chi connectivity index (χ1) is 16.7. The van der Waals surface area contributed by atoms with E-state index in [9.17, 15) is 18.9 Å². The van der Waals surface area contributed by atoms with E-state index < -0.39 is 20.9 Å². The third kappa shape index (κ3) is 53.0. The molecule has 0 aliphatic heterocycles. The van der Waals surface area contributed by atoms with Crippen LogP contribution in [0.15, 0.2) is 29.4 Å². The molecular weight excluding hydrogens is 1810 g/mol. The summed E-state index contributed by atoms with van der Waals surface area (Å²) in [6, 6.07) is 0. The molecule has 22 heteroatoms. The Morgan fingerprint density at radius 3 is 1.54 bits per heavy atom. The van der Waals surface area contributed by atoms with Crippen molar-refractivity contribution in [1.29, 1.82) is 0 Å². The molecule has 5 nitrogen and oxygen atoms in total. The topological polar surface area (TPSA) is 89.5 Å². The van der Waals surface area contributed by atoms with Gasteiger partial charge >= 0.3 is 0 Å². The van der Waals surface area contributed by atoms with E-state index in [-0.39, 0.29) is 509 Å². The Balaban J connectivity index is -0.0000000720. The molecule has 15 radical (unpaired) electrons. The van der Waals surface area contributed by atoms with Crippen LogP contribution < -0.4 is 9.79 Å². The third-order valence-electron chi connectivity index (χ3n) is 6.12. The normalized spacial score (nSPS) is 19.7. The molecule has 2 aliphatic rings. The second-order valence-electron chi connectivity index (χ2n) is 9.25. The predicted octanol–water partition coefficient (Wildman–Crippen LogP) is 6.10. The Hall–Kier alpha value is 15.6. The van der Waals surface area contributed by atoms with Crippen molar-refractivity contribution < 1.29 is 514 Å². The van der Waals surface area contributed by atoms with E-state index >= 15 is 0 Å². The van der Waals surface area contributed by atoms with Crippen molar-refractivity contribution in [2.45, 2.75) is 78.1 Å². The van der Waals surface area contributed by atoms with Gasteiger partial charge in [0, 0.05) is 498 Å². The minimum atomic E-state index is -4.40. The molecule has 5 unspecified atom stereocenters. The van der Waals surface area contributed by atoms with Gasteiger partial charge in [-0.1, -0.05) is 39.5 Å². The summed E-state index contributed by atoms with van der Waals surface area (Å²) in [5, 5.41) is 0. The molecule has 0 aromatic carbocycles. The molecule has 2 fully saturated rings. The van der Waals surface area contributed by atoms with Crippen LogP contribution in [0.4, 0.5) is 0 Å². The summed E-state index contributed by atoms with van der Waals surface area (Å²) >= 11 is 0. The van der Waals surface area contributed by atoms with Crippen LogP contribution in [0, 0.1) is 48.1 Å². The minimum absolute atomic E-state index is 0. The molecule has 0 bridgehead atoms. The van der Waals surface area contributed by atoms with Crippen molar-refractivity contribution in [2.24, 2.45) is 17.8 Å².